The number of hydrogen-bond acceptors (Lipinski definition) is 2. The van der Waals surface area contributed by atoms with E-state index in [1.54, 1.807) is 19.2 Å². The quantitative estimate of drug-likeness (QED) is 0.829. The van der Waals surface area contributed by atoms with Crippen LogP contribution in [-0.2, 0) is 0 Å². The smallest absolute Gasteiger partial charge is 0.372 e. The molecule has 0 spiro atoms. The Kier molecular flexibility index (Phi) is 5.17. The third kappa shape index (κ3) is 4.38. The Bertz CT molecular complexity index is 418. The monoisotopic (exact) mass is 278 g/mol. The zero-order chi connectivity index (χ0) is 14.6. The molecule has 0 saturated carbocycles. The molecular formula is C13H18F4N2. The summed E-state index contributed by atoms with van der Waals surface area (Å²) in [6, 6.07) is 4.38. The molecule has 0 aromatic heterocycles. The number of halogens is 4. The molecule has 2 nitrogen and oxygen atoms in total. The van der Waals surface area contributed by atoms with E-state index in [0.717, 1.165) is 0 Å². The molecule has 1 aromatic rings. The van der Waals surface area contributed by atoms with Crippen molar-refractivity contribution < 1.29 is 17.6 Å². The third-order valence-corrected chi connectivity index (χ3v) is 3.03. The molecule has 19 heavy (non-hydrogen) atoms. The van der Waals surface area contributed by atoms with Gasteiger partial charge in [-0.1, -0.05) is 12.1 Å². The minimum absolute atomic E-state index is 0.140. The second kappa shape index (κ2) is 6.23. The molecule has 0 heterocycles. The van der Waals surface area contributed by atoms with E-state index in [9.17, 15) is 17.6 Å². The number of rotatable bonds is 5. The minimum Gasteiger partial charge on any atom is -0.372 e. The maximum atomic E-state index is 13.9. The molecule has 1 N–H and O–H groups in total. The summed E-state index contributed by atoms with van der Waals surface area (Å²) >= 11 is 0. The molecule has 0 aliphatic heterocycles. The lowest BCUT2D eigenvalue weighted by Crippen LogP contribution is -2.27. The molecule has 1 aromatic carbocycles. The topological polar surface area (TPSA) is 15.3 Å². The normalized spacial score (nSPS) is 13.4. The number of alkyl halides is 3. The summed E-state index contributed by atoms with van der Waals surface area (Å²) in [5, 5.41) is 2.96. The highest BCUT2D eigenvalue weighted by molar-refractivity contribution is 5.55. The van der Waals surface area contributed by atoms with Gasteiger partial charge in [0.25, 0.3) is 0 Å². The fourth-order valence-electron chi connectivity index (χ4n) is 1.85. The summed E-state index contributed by atoms with van der Waals surface area (Å²) in [6.07, 6.45) is -5.21. The van der Waals surface area contributed by atoms with Gasteiger partial charge in [-0.3, -0.25) is 0 Å². The van der Waals surface area contributed by atoms with Crippen molar-refractivity contribution in [3.8, 4) is 0 Å². The zero-order valence-corrected chi connectivity index (χ0v) is 11.2. The SMILES string of the molecule is CNC(C)c1cccc(F)c1N(C)CCC(F)(F)F. The Hall–Kier alpha value is -1.30. The van der Waals surface area contributed by atoms with Crippen LogP contribution >= 0.6 is 0 Å². The molecule has 1 atom stereocenters. The van der Waals surface area contributed by atoms with E-state index in [1.807, 2.05) is 6.92 Å². The summed E-state index contributed by atoms with van der Waals surface area (Å²) < 4.78 is 50.5. The molecule has 0 amide bonds. The molecule has 0 radical (unpaired) electrons. The van der Waals surface area contributed by atoms with Crippen LogP contribution in [-0.4, -0.2) is 26.8 Å². The van der Waals surface area contributed by atoms with Crippen molar-refractivity contribution in [1.29, 1.82) is 0 Å². The van der Waals surface area contributed by atoms with Crippen LogP contribution in [0.25, 0.3) is 0 Å². The van der Waals surface area contributed by atoms with Gasteiger partial charge in [-0.25, -0.2) is 4.39 Å². The minimum atomic E-state index is -4.24. The van der Waals surface area contributed by atoms with E-state index in [4.69, 9.17) is 0 Å². The van der Waals surface area contributed by atoms with E-state index in [0.29, 0.717) is 5.56 Å². The van der Waals surface area contributed by atoms with Gasteiger partial charge in [-0.15, -0.1) is 0 Å². The first-order valence-electron chi connectivity index (χ1n) is 6.00. The third-order valence-electron chi connectivity index (χ3n) is 3.03. The number of hydrogen-bond donors (Lipinski definition) is 1. The molecule has 1 unspecified atom stereocenters. The second-order valence-corrected chi connectivity index (χ2v) is 4.47. The highest BCUT2D eigenvalue weighted by Gasteiger charge is 2.28. The fraction of sp³-hybridized carbons (Fsp3) is 0.538. The highest BCUT2D eigenvalue weighted by Crippen LogP contribution is 2.30. The van der Waals surface area contributed by atoms with E-state index < -0.39 is 18.4 Å². The van der Waals surface area contributed by atoms with Crippen molar-refractivity contribution in [1.82, 2.24) is 5.32 Å². The van der Waals surface area contributed by atoms with Crippen molar-refractivity contribution >= 4 is 5.69 Å². The van der Waals surface area contributed by atoms with Crippen LogP contribution in [0.5, 0.6) is 0 Å². The van der Waals surface area contributed by atoms with Gasteiger partial charge in [0.2, 0.25) is 0 Å². The largest absolute Gasteiger partial charge is 0.390 e. The lowest BCUT2D eigenvalue weighted by Gasteiger charge is -2.26. The molecule has 0 saturated heterocycles. The number of para-hydroxylation sites is 1. The highest BCUT2D eigenvalue weighted by atomic mass is 19.4. The molecule has 108 valence electrons. The van der Waals surface area contributed by atoms with Gasteiger partial charge in [0.1, 0.15) is 5.82 Å². The summed E-state index contributed by atoms with van der Waals surface area (Å²) in [5.41, 5.74) is 0.862. The van der Waals surface area contributed by atoms with Gasteiger partial charge >= 0.3 is 6.18 Å². The summed E-state index contributed by atoms with van der Waals surface area (Å²) in [5.74, 6) is -0.510. The van der Waals surface area contributed by atoms with Gasteiger partial charge in [0, 0.05) is 19.6 Å². The van der Waals surface area contributed by atoms with Crippen molar-refractivity contribution in [3.05, 3.63) is 29.6 Å². The first kappa shape index (κ1) is 15.8. The summed E-state index contributed by atoms with van der Waals surface area (Å²) in [6.45, 7) is 1.56. The average Bonchev–Trinajstić information content (AvgIpc) is 2.33. The Morgan fingerprint density at radius 1 is 1.32 bits per heavy atom. The lowest BCUT2D eigenvalue weighted by molar-refractivity contribution is -0.132. The second-order valence-electron chi connectivity index (χ2n) is 4.47. The fourth-order valence-corrected chi connectivity index (χ4v) is 1.85. The maximum absolute atomic E-state index is 13.9. The Morgan fingerprint density at radius 3 is 2.47 bits per heavy atom. The molecule has 6 heteroatoms. The van der Waals surface area contributed by atoms with Crippen molar-refractivity contribution in [2.24, 2.45) is 0 Å². The van der Waals surface area contributed by atoms with Crippen molar-refractivity contribution in [3.63, 3.8) is 0 Å². The number of nitrogens with one attached hydrogen (secondary N) is 1. The standard InChI is InChI=1S/C13H18F4N2/c1-9(18-2)10-5-4-6-11(14)12(10)19(3)8-7-13(15,16)17/h4-6,9,18H,7-8H2,1-3H3. The van der Waals surface area contributed by atoms with Gasteiger partial charge in [-0.05, 0) is 25.6 Å². The molecule has 0 aliphatic carbocycles. The first-order chi connectivity index (χ1) is 8.76. The predicted octanol–water partition coefficient (Wildman–Crippen LogP) is 3.49. The van der Waals surface area contributed by atoms with Gasteiger partial charge in [-0.2, -0.15) is 13.2 Å². The van der Waals surface area contributed by atoms with E-state index in [2.05, 4.69) is 5.32 Å². The molecule has 0 fully saturated rings. The maximum Gasteiger partial charge on any atom is 0.390 e. The zero-order valence-electron chi connectivity index (χ0n) is 11.2. The van der Waals surface area contributed by atoms with Crippen LogP contribution in [0.4, 0.5) is 23.2 Å². The number of nitrogens with zero attached hydrogens (tertiary/aromatic N) is 1. The number of benzene rings is 1. The Labute approximate surface area is 110 Å². The van der Waals surface area contributed by atoms with Gasteiger partial charge < -0.3 is 10.2 Å². The van der Waals surface area contributed by atoms with Crippen LogP contribution in [0.15, 0.2) is 18.2 Å². The molecule has 0 bridgehead atoms. The number of anilines is 1. The van der Waals surface area contributed by atoms with E-state index >= 15 is 0 Å². The van der Waals surface area contributed by atoms with Gasteiger partial charge in [0.05, 0.1) is 12.1 Å². The van der Waals surface area contributed by atoms with Crippen molar-refractivity contribution in [2.75, 3.05) is 25.5 Å². The Balaban J connectivity index is 2.97. The summed E-state index contributed by atoms with van der Waals surface area (Å²) in [7, 11) is 3.19. The van der Waals surface area contributed by atoms with Crippen LogP contribution in [0, 0.1) is 5.82 Å². The van der Waals surface area contributed by atoms with Crippen LogP contribution < -0.4 is 10.2 Å². The molecular weight excluding hydrogens is 260 g/mol. The Morgan fingerprint density at radius 2 is 1.95 bits per heavy atom. The molecule has 0 aliphatic rings. The summed E-state index contributed by atoms with van der Waals surface area (Å²) in [4.78, 5) is 1.31. The van der Waals surface area contributed by atoms with Crippen LogP contribution in [0.1, 0.15) is 24.9 Å². The van der Waals surface area contributed by atoms with Crippen LogP contribution in [0.2, 0.25) is 0 Å². The van der Waals surface area contributed by atoms with E-state index in [1.165, 1.54) is 18.0 Å². The first-order valence-corrected chi connectivity index (χ1v) is 6.00. The average molecular weight is 278 g/mol. The van der Waals surface area contributed by atoms with E-state index in [-0.39, 0.29) is 18.3 Å². The van der Waals surface area contributed by atoms with Crippen molar-refractivity contribution in [2.45, 2.75) is 25.6 Å². The predicted molar refractivity (Wildman–Crippen MR) is 67.8 cm³/mol. The van der Waals surface area contributed by atoms with Gasteiger partial charge in [0.15, 0.2) is 0 Å². The lowest BCUT2D eigenvalue weighted by atomic mass is 10.0. The van der Waals surface area contributed by atoms with Crippen LogP contribution in [0.3, 0.4) is 0 Å². The molecule has 1 rings (SSSR count).